The van der Waals surface area contributed by atoms with E-state index in [9.17, 15) is 4.79 Å². The van der Waals surface area contributed by atoms with Crippen LogP contribution < -0.4 is 0 Å². The quantitative estimate of drug-likeness (QED) is 0.556. The van der Waals surface area contributed by atoms with Gasteiger partial charge in [0.15, 0.2) is 5.78 Å². The van der Waals surface area contributed by atoms with E-state index in [1.54, 1.807) is 0 Å². The van der Waals surface area contributed by atoms with Crippen LogP contribution >= 0.6 is 11.8 Å². The second-order valence-corrected chi connectivity index (χ2v) is 4.55. The second kappa shape index (κ2) is 7.08. The first-order chi connectivity index (χ1) is 7.77. The summed E-state index contributed by atoms with van der Waals surface area (Å²) < 4.78 is 0. The van der Waals surface area contributed by atoms with Crippen molar-refractivity contribution >= 4 is 17.5 Å². The molecule has 1 aromatic carbocycles. The molecular weight excluding hydrogens is 218 g/mol. The maximum atomic E-state index is 11.7. The van der Waals surface area contributed by atoms with E-state index in [0.717, 1.165) is 23.3 Å². The predicted octanol–water partition coefficient (Wildman–Crippen LogP) is 3.68. The van der Waals surface area contributed by atoms with Gasteiger partial charge in [0.1, 0.15) is 0 Å². The first-order valence-corrected chi connectivity index (χ1v) is 6.39. The maximum Gasteiger partial charge on any atom is 0.162 e. The molecule has 0 heterocycles. The molecule has 0 fully saturated rings. The minimum atomic E-state index is 0.207. The number of unbranched alkanes of at least 4 members (excludes halogenated alkanes) is 1. The highest BCUT2D eigenvalue weighted by Gasteiger charge is 2.04. The molecule has 0 atom stereocenters. The lowest BCUT2D eigenvalue weighted by Gasteiger charge is -2.01. The van der Waals surface area contributed by atoms with E-state index >= 15 is 0 Å². The number of carbonyl (C=O) groups is 1. The highest BCUT2D eigenvalue weighted by molar-refractivity contribution is 7.99. The molecule has 0 unspecified atom stereocenters. The molecule has 3 heteroatoms. The Kier molecular flexibility index (Phi) is 5.66. The summed E-state index contributed by atoms with van der Waals surface area (Å²) >= 11 is 1.49. The number of nitrogens with zero attached hydrogens (tertiary/aromatic N) is 1. The largest absolute Gasteiger partial charge is 0.294 e. The molecule has 2 nitrogen and oxygen atoms in total. The molecular formula is C13H15NOS. The summed E-state index contributed by atoms with van der Waals surface area (Å²) in [7, 11) is 0. The van der Waals surface area contributed by atoms with Crippen LogP contribution in [0, 0.1) is 11.3 Å². The molecule has 0 spiro atoms. The fourth-order valence-electron chi connectivity index (χ4n) is 1.33. The SMILES string of the molecule is CCCCC(=O)c1ccc(SCC#N)cc1. The molecule has 0 saturated carbocycles. The van der Waals surface area contributed by atoms with E-state index in [1.807, 2.05) is 24.3 Å². The Morgan fingerprint density at radius 3 is 2.62 bits per heavy atom. The fourth-order valence-corrected chi connectivity index (χ4v) is 1.89. The molecule has 16 heavy (non-hydrogen) atoms. The lowest BCUT2D eigenvalue weighted by atomic mass is 10.1. The normalized spacial score (nSPS) is 9.75. The third-order valence-corrected chi connectivity index (χ3v) is 3.12. The third kappa shape index (κ3) is 4.08. The van der Waals surface area contributed by atoms with E-state index < -0.39 is 0 Å². The van der Waals surface area contributed by atoms with Crippen molar-refractivity contribution in [1.82, 2.24) is 0 Å². The Bertz CT molecular complexity index is 378. The number of Topliss-reactive ketones (excluding diaryl/α,β-unsaturated/α-hetero) is 1. The number of nitriles is 1. The Labute approximate surface area is 101 Å². The van der Waals surface area contributed by atoms with E-state index in [4.69, 9.17) is 5.26 Å². The Hall–Kier alpha value is -1.27. The van der Waals surface area contributed by atoms with Crippen molar-refractivity contribution in [3.05, 3.63) is 29.8 Å². The molecule has 0 aromatic heterocycles. The molecule has 0 N–H and O–H groups in total. The smallest absolute Gasteiger partial charge is 0.162 e. The average Bonchev–Trinajstić information content (AvgIpc) is 2.34. The fraction of sp³-hybridized carbons (Fsp3) is 0.385. The summed E-state index contributed by atoms with van der Waals surface area (Å²) in [6.45, 7) is 2.08. The zero-order chi connectivity index (χ0) is 11.8. The van der Waals surface area contributed by atoms with Crippen molar-refractivity contribution in [1.29, 1.82) is 5.26 Å². The molecule has 1 aromatic rings. The predicted molar refractivity (Wildman–Crippen MR) is 66.6 cm³/mol. The highest BCUT2D eigenvalue weighted by Crippen LogP contribution is 2.18. The van der Waals surface area contributed by atoms with Gasteiger partial charge < -0.3 is 0 Å². The van der Waals surface area contributed by atoms with Gasteiger partial charge in [-0.05, 0) is 18.6 Å². The van der Waals surface area contributed by atoms with Crippen LogP contribution in [0.15, 0.2) is 29.2 Å². The topological polar surface area (TPSA) is 40.9 Å². The van der Waals surface area contributed by atoms with Gasteiger partial charge in [0.2, 0.25) is 0 Å². The molecule has 0 amide bonds. The molecule has 0 radical (unpaired) electrons. The Morgan fingerprint density at radius 2 is 2.06 bits per heavy atom. The van der Waals surface area contributed by atoms with Gasteiger partial charge in [-0.1, -0.05) is 25.5 Å². The van der Waals surface area contributed by atoms with Crippen LogP contribution in [-0.4, -0.2) is 11.5 Å². The summed E-state index contributed by atoms with van der Waals surface area (Å²) in [6, 6.07) is 9.58. The molecule has 84 valence electrons. The standard InChI is InChI=1S/C13H15NOS/c1-2-3-4-13(15)11-5-7-12(8-6-11)16-10-9-14/h5-8H,2-4,10H2,1H3. The van der Waals surface area contributed by atoms with Crippen LogP contribution in [0.1, 0.15) is 36.5 Å². The molecule has 0 saturated heterocycles. The van der Waals surface area contributed by atoms with Crippen molar-refractivity contribution in [3.63, 3.8) is 0 Å². The van der Waals surface area contributed by atoms with Crippen LogP contribution in [0.2, 0.25) is 0 Å². The monoisotopic (exact) mass is 233 g/mol. The molecule has 0 bridgehead atoms. The van der Waals surface area contributed by atoms with Crippen LogP contribution in [-0.2, 0) is 0 Å². The molecule has 0 aliphatic heterocycles. The lowest BCUT2D eigenvalue weighted by molar-refractivity contribution is 0.0979. The summed E-state index contributed by atoms with van der Waals surface area (Å²) in [5, 5.41) is 8.44. The van der Waals surface area contributed by atoms with E-state index in [2.05, 4.69) is 13.0 Å². The Balaban J connectivity index is 2.57. The zero-order valence-corrected chi connectivity index (χ0v) is 10.2. The summed E-state index contributed by atoms with van der Waals surface area (Å²) in [4.78, 5) is 12.7. The molecule has 0 aliphatic carbocycles. The van der Waals surface area contributed by atoms with E-state index in [0.29, 0.717) is 12.2 Å². The maximum absolute atomic E-state index is 11.7. The molecule has 0 aliphatic rings. The number of ketones is 1. The van der Waals surface area contributed by atoms with Gasteiger partial charge >= 0.3 is 0 Å². The van der Waals surface area contributed by atoms with Crippen molar-refractivity contribution in [3.8, 4) is 6.07 Å². The van der Waals surface area contributed by atoms with Crippen LogP contribution in [0.4, 0.5) is 0 Å². The highest BCUT2D eigenvalue weighted by atomic mass is 32.2. The number of rotatable bonds is 6. The van der Waals surface area contributed by atoms with Crippen LogP contribution in [0.25, 0.3) is 0 Å². The minimum absolute atomic E-state index is 0.207. The zero-order valence-electron chi connectivity index (χ0n) is 9.40. The second-order valence-electron chi connectivity index (χ2n) is 3.50. The van der Waals surface area contributed by atoms with Crippen molar-refractivity contribution in [2.45, 2.75) is 31.1 Å². The summed E-state index contributed by atoms with van der Waals surface area (Å²) in [5.74, 6) is 0.655. The van der Waals surface area contributed by atoms with Gasteiger partial charge in [0, 0.05) is 16.9 Å². The van der Waals surface area contributed by atoms with Crippen LogP contribution in [0.3, 0.4) is 0 Å². The lowest BCUT2D eigenvalue weighted by Crippen LogP contribution is -1.98. The van der Waals surface area contributed by atoms with Crippen molar-refractivity contribution in [2.24, 2.45) is 0 Å². The molecule has 1 rings (SSSR count). The average molecular weight is 233 g/mol. The Morgan fingerprint density at radius 1 is 1.38 bits per heavy atom. The third-order valence-electron chi connectivity index (χ3n) is 2.24. The van der Waals surface area contributed by atoms with Crippen molar-refractivity contribution in [2.75, 3.05) is 5.75 Å². The summed E-state index contributed by atoms with van der Waals surface area (Å²) in [6.07, 6.45) is 2.62. The van der Waals surface area contributed by atoms with E-state index in [1.165, 1.54) is 11.8 Å². The van der Waals surface area contributed by atoms with Crippen molar-refractivity contribution < 1.29 is 4.79 Å². The number of carbonyl (C=O) groups excluding carboxylic acids is 1. The van der Waals surface area contributed by atoms with Gasteiger partial charge in [-0.15, -0.1) is 11.8 Å². The van der Waals surface area contributed by atoms with Gasteiger partial charge in [-0.25, -0.2) is 0 Å². The summed E-state index contributed by atoms with van der Waals surface area (Å²) in [5.41, 5.74) is 0.773. The van der Waals surface area contributed by atoms with Gasteiger partial charge in [0.25, 0.3) is 0 Å². The first kappa shape index (κ1) is 12.8. The van der Waals surface area contributed by atoms with Gasteiger partial charge in [-0.2, -0.15) is 5.26 Å². The number of thioether (sulfide) groups is 1. The number of hydrogen-bond acceptors (Lipinski definition) is 3. The van der Waals surface area contributed by atoms with Gasteiger partial charge in [0.05, 0.1) is 11.8 Å². The van der Waals surface area contributed by atoms with Gasteiger partial charge in [-0.3, -0.25) is 4.79 Å². The minimum Gasteiger partial charge on any atom is -0.294 e. The number of hydrogen-bond donors (Lipinski definition) is 0. The first-order valence-electron chi connectivity index (χ1n) is 5.41. The van der Waals surface area contributed by atoms with Crippen LogP contribution in [0.5, 0.6) is 0 Å². The van der Waals surface area contributed by atoms with E-state index in [-0.39, 0.29) is 5.78 Å². The number of benzene rings is 1.